The number of rotatable bonds is 7. The average molecular weight is 426 g/mol. The van der Waals surface area contributed by atoms with Gasteiger partial charge in [0, 0.05) is 24.5 Å². The van der Waals surface area contributed by atoms with E-state index >= 15 is 0 Å². The number of fused-ring (bicyclic) bond motifs is 1. The predicted octanol–water partition coefficient (Wildman–Crippen LogP) is 3.77. The maximum Gasteiger partial charge on any atom is 0.254 e. The lowest BCUT2D eigenvalue weighted by atomic mass is 10.1. The summed E-state index contributed by atoms with van der Waals surface area (Å²) in [5.74, 6) is 2.40. The Labute approximate surface area is 178 Å². The first-order valence-electron chi connectivity index (χ1n) is 9.46. The number of methoxy groups -OCH3 is 1. The van der Waals surface area contributed by atoms with E-state index in [9.17, 15) is 4.79 Å². The molecule has 0 bridgehead atoms. The molecule has 156 valence electrons. The van der Waals surface area contributed by atoms with Gasteiger partial charge < -0.3 is 23.8 Å². The summed E-state index contributed by atoms with van der Waals surface area (Å²) in [7, 11) is 3.32. The van der Waals surface area contributed by atoms with E-state index in [1.165, 1.54) is 11.3 Å². The van der Waals surface area contributed by atoms with Crippen LogP contribution in [0.2, 0.25) is 0 Å². The Morgan fingerprint density at radius 1 is 1.13 bits per heavy atom. The first-order valence-corrected chi connectivity index (χ1v) is 10.4. The highest BCUT2D eigenvalue weighted by Crippen LogP contribution is 2.32. The third kappa shape index (κ3) is 4.49. The fraction of sp³-hybridized carbons (Fsp3) is 0.273. The average Bonchev–Trinajstić information content (AvgIpc) is 3.30. The number of ether oxygens (including phenoxy) is 4. The van der Waals surface area contributed by atoms with Crippen LogP contribution in [0.15, 0.2) is 47.3 Å². The van der Waals surface area contributed by atoms with Crippen LogP contribution in [0.5, 0.6) is 23.0 Å². The van der Waals surface area contributed by atoms with Crippen LogP contribution in [0, 0.1) is 0 Å². The monoisotopic (exact) mass is 426 g/mol. The lowest BCUT2D eigenvalue weighted by Crippen LogP contribution is -2.26. The van der Waals surface area contributed by atoms with Gasteiger partial charge in [-0.25, -0.2) is 4.98 Å². The van der Waals surface area contributed by atoms with Crippen molar-refractivity contribution in [1.29, 1.82) is 0 Å². The van der Waals surface area contributed by atoms with E-state index in [0.29, 0.717) is 49.2 Å². The van der Waals surface area contributed by atoms with Gasteiger partial charge in [0.2, 0.25) is 0 Å². The smallest absolute Gasteiger partial charge is 0.254 e. The predicted molar refractivity (Wildman–Crippen MR) is 113 cm³/mol. The minimum atomic E-state index is -0.116. The summed E-state index contributed by atoms with van der Waals surface area (Å²) in [5, 5.41) is 1.93. The molecule has 30 heavy (non-hydrogen) atoms. The van der Waals surface area contributed by atoms with Crippen molar-refractivity contribution in [3.8, 4) is 23.0 Å². The summed E-state index contributed by atoms with van der Waals surface area (Å²) in [6.45, 7) is 1.87. The van der Waals surface area contributed by atoms with Crippen molar-refractivity contribution in [2.24, 2.45) is 0 Å². The van der Waals surface area contributed by atoms with Gasteiger partial charge in [0.1, 0.15) is 19.8 Å². The number of hydrogen-bond acceptors (Lipinski definition) is 7. The Hall–Kier alpha value is -3.26. The standard InChI is InChI=1S/C22H22N2O5S/c1-24(11-15-3-5-19-21(9-15)28-8-7-27-19)22(25)16-4-6-18(20(10-16)26-2)29-12-17-13-30-14-23-17/h3-6,9-10,13-14H,7-8,11-12H2,1-2H3. The molecule has 8 heteroatoms. The van der Waals surface area contributed by atoms with Crippen molar-refractivity contribution >= 4 is 17.2 Å². The fourth-order valence-corrected chi connectivity index (χ4v) is 3.68. The lowest BCUT2D eigenvalue weighted by Gasteiger charge is -2.21. The van der Waals surface area contributed by atoms with Crippen LogP contribution in [0.3, 0.4) is 0 Å². The summed E-state index contributed by atoms with van der Waals surface area (Å²) in [4.78, 5) is 18.8. The summed E-state index contributed by atoms with van der Waals surface area (Å²) < 4.78 is 22.4. The van der Waals surface area contributed by atoms with Gasteiger partial charge in [0.15, 0.2) is 23.0 Å². The molecule has 1 aliphatic heterocycles. The molecule has 0 spiro atoms. The number of carbonyl (C=O) groups is 1. The number of hydrogen-bond donors (Lipinski definition) is 0. The normalized spacial score (nSPS) is 12.3. The number of nitrogens with zero attached hydrogens (tertiary/aromatic N) is 2. The Balaban J connectivity index is 1.44. The fourth-order valence-electron chi connectivity index (χ4n) is 3.13. The molecule has 0 saturated carbocycles. The maximum atomic E-state index is 12.9. The molecule has 1 aromatic heterocycles. The SMILES string of the molecule is COc1cc(C(=O)N(C)Cc2ccc3c(c2)OCCO3)ccc1OCc1cscn1. The van der Waals surface area contributed by atoms with E-state index in [1.54, 1.807) is 42.8 Å². The molecule has 0 saturated heterocycles. The van der Waals surface area contributed by atoms with Gasteiger partial charge in [-0.2, -0.15) is 0 Å². The van der Waals surface area contributed by atoms with E-state index in [-0.39, 0.29) is 5.91 Å². The zero-order valence-corrected chi connectivity index (χ0v) is 17.6. The van der Waals surface area contributed by atoms with E-state index in [4.69, 9.17) is 18.9 Å². The van der Waals surface area contributed by atoms with Crippen LogP contribution >= 0.6 is 11.3 Å². The van der Waals surface area contributed by atoms with Crippen molar-refractivity contribution in [3.63, 3.8) is 0 Å². The van der Waals surface area contributed by atoms with E-state index < -0.39 is 0 Å². The Bertz CT molecular complexity index is 1020. The molecule has 0 aliphatic carbocycles. The minimum absolute atomic E-state index is 0.116. The summed E-state index contributed by atoms with van der Waals surface area (Å²) in [6.07, 6.45) is 0. The first kappa shape index (κ1) is 20.0. The van der Waals surface area contributed by atoms with Gasteiger partial charge in [-0.1, -0.05) is 6.07 Å². The molecular formula is C22H22N2O5S. The highest BCUT2D eigenvalue weighted by Gasteiger charge is 2.17. The molecule has 0 radical (unpaired) electrons. The van der Waals surface area contributed by atoms with Gasteiger partial charge >= 0.3 is 0 Å². The molecule has 0 fully saturated rings. The third-order valence-electron chi connectivity index (χ3n) is 4.64. The van der Waals surface area contributed by atoms with Gasteiger partial charge in [-0.3, -0.25) is 4.79 Å². The van der Waals surface area contributed by atoms with E-state index in [1.807, 2.05) is 23.6 Å². The van der Waals surface area contributed by atoms with Crippen molar-refractivity contribution < 1.29 is 23.7 Å². The van der Waals surface area contributed by atoms with Crippen LogP contribution in [0.4, 0.5) is 0 Å². The van der Waals surface area contributed by atoms with Crippen LogP contribution < -0.4 is 18.9 Å². The molecule has 4 rings (SSSR count). The Morgan fingerprint density at radius 2 is 1.97 bits per heavy atom. The van der Waals surface area contributed by atoms with E-state index in [0.717, 1.165) is 17.0 Å². The molecule has 1 amide bonds. The molecule has 1 aliphatic rings. The number of aromatic nitrogens is 1. The molecule has 0 N–H and O–H groups in total. The summed E-state index contributed by atoms with van der Waals surface area (Å²) in [6, 6.07) is 10.9. The number of amides is 1. The largest absolute Gasteiger partial charge is 0.493 e. The highest BCUT2D eigenvalue weighted by molar-refractivity contribution is 7.07. The second-order valence-corrected chi connectivity index (χ2v) is 7.49. The molecule has 2 heterocycles. The number of carbonyl (C=O) groups excluding carboxylic acids is 1. The Kier molecular flexibility index (Phi) is 6.04. The lowest BCUT2D eigenvalue weighted by molar-refractivity contribution is 0.0784. The highest BCUT2D eigenvalue weighted by atomic mass is 32.1. The van der Waals surface area contributed by atoms with Crippen molar-refractivity contribution in [3.05, 3.63) is 64.1 Å². The molecule has 0 atom stereocenters. The van der Waals surface area contributed by atoms with Gasteiger partial charge in [-0.15, -0.1) is 11.3 Å². The van der Waals surface area contributed by atoms with Crippen LogP contribution in [-0.4, -0.2) is 43.2 Å². The minimum Gasteiger partial charge on any atom is -0.493 e. The summed E-state index contributed by atoms with van der Waals surface area (Å²) in [5.41, 5.74) is 4.09. The number of benzene rings is 2. The zero-order chi connectivity index (χ0) is 20.9. The molecule has 3 aromatic rings. The molecular weight excluding hydrogens is 404 g/mol. The molecule has 0 unspecified atom stereocenters. The third-order valence-corrected chi connectivity index (χ3v) is 5.28. The first-order chi connectivity index (χ1) is 14.6. The topological polar surface area (TPSA) is 70.1 Å². The zero-order valence-electron chi connectivity index (χ0n) is 16.8. The van der Waals surface area contributed by atoms with E-state index in [2.05, 4.69) is 4.98 Å². The van der Waals surface area contributed by atoms with Crippen molar-refractivity contribution in [2.45, 2.75) is 13.2 Å². The Morgan fingerprint density at radius 3 is 2.73 bits per heavy atom. The maximum absolute atomic E-state index is 12.9. The van der Waals surface area contributed by atoms with Crippen LogP contribution in [0.1, 0.15) is 21.6 Å². The van der Waals surface area contributed by atoms with Gasteiger partial charge in [0.05, 0.1) is 18.3 Å². The molecule has 2 aromatic carbocycles. The second-order valence-electron chi connectivity index (χ2n) is 6.77. The van der Waals surface area contributed by atoms with Crippen molar-refractivity contribution in [1.82, 2.24) is 9.88 Å². The summed E-state index contributed by atoms with van der Waals surface area (Å²) >= 11 is 1.52. The van der Waals surface area contributed by atoms with Gasteiger partial charge in [0.25, 0.3) is 5.91 Å². The molecule has 7 nitrogen and oxygen atoms in total. The second kappa shape index (κ2) is 9.04. The quantitative estimate of drug-likeness (QED) is 0.573. The van der Waals surface area contributed by atoms with Crippen LogP contribution in [-0.2, 0) is 13.2 Å². The number of thiazole rings is 1. The van der Waals surface area contributed by atoms with Gasteiger partial charge in [-0.05, 0) is 35.9 Å². The van der Waals surface area contributed by atoms with Crippen molar-refractivity contribution in [2.75, 3.05) is 27.4 Å². The van der Waals surface area contributed by atoms with Crippen LogP contribution in [0.25, 0.3) is 0 Å².